The number of hydrogen-bond donors (Lipinski definition) is 0. The largest absolute Gasteiger partial charge is 0.203 e. The van der Waals surface area contributed by atoms with E-state index in [4.69, 9.17) is 0 Å². The number of rotatable bonds is 8. The lowest BCUT2D eigenvalue weighted by molar-refractivity contribution is 0.494. The summed E-state index contributed by atoms with van der Waals surface area (Å²) in [4.78, 5) is 0. The summed E-state index contributed by atoms with van der Waals surface area (Å²) < 4.78 is 28.7. The van der Waals surface area contributed by atoms with Crippen molar-refractivity contribution in [2.75, 3.05) is 0 Å². The Morgan fingerprint density at radius 2 is 1.03 bits per heavy atom. The summed E-state index contributed by atoms with van der Waals surface area (Å²) in [5.41, 5.74) is 4.45. The second kappa shape index (κ2) is 13.4. The van der Waals surface area contributed by atoms with Crippen molar-refractivity contribution >= 4 is 0 Å². The van der Waals surface area contributed by atoms with Gasteiger partial charge in [-0.15, -0.1) is 0 Å². The Labute approximate surface area is 203 Å². The van der Waals surface area contributed by atoms with E-state index in [1.54, 1.807) is 12.1 Å². The van der Waals surface area contributed by atoms with Crippen molar-refractivity contribution in [3.05, 3.63) is 106 Å². The van der Waals surface area contributed by atoms with Gasteiger partial charge < -0.3 is 0 Å². The molecule has 0 atom stereocenters. The van der Waals surface area contributed by atoms with Gasteiger partial charge in [-0.1, -0.05) is 81.4 Å². The van der Waals surface area contributed by atoms with Gasteiger partial charge in [-0.05, 0) is 79.3 Å². The summed E-state index contributed by atoms with van der Waals surface area (Å²) >= 11 is 0. The minimum atomic E-state index is -0.861. The highest BCUT2D eigenvalue weighted by Crippen LogP contribution is 2.18. The van der Waals surface area contributed by atoms with E-state index in [0.717, 1.165) is 42.4 Å². The topological polar surface area (TPSA) is 0 Å². The Morgan fingerprint density at radius 1 is 0.529 bits per heavy atom. The fraction of sp³-hybridized carbons (Fsp3) is 0.312. The van der Waals surface area contributed by atoms with Gasteiger partial charge in [-0.25, -0.2) is 8.78 Å². The number of unbranched alkanes of at least 4 members (excludes halogenated alkanes) is 4. The Hall–Kier alpha value is -3.36. The van der Waals surface area contributed by atoms with Gasteiger partial charge in [0, 0.05) is 16.7 Å². The fourth-order valence-corrected chi connectivity index (χ4v) is 3.70. The molecule has 0 fully saturated rings. The molecule has 3 aromatic carbocycles. The average molecular weight is 455 g/mol. The smallest absolute Gasteiger partial charge is 0.174 e. The Morgan fingerprint density at radius 3 is 1.59 bits per heavy atom. The third-order valence-corrected chi connectivity index (χ3v) is 5.81. The molecule has 0 N–H and O–H groups in total. The van der Waals surface area contributed by atoms with Gasteiger partial charge in [0.1, 0.15) is 0 Å². The second-order valence-electron chi connectivity index (χ2n) is 8.59. The zero-order valence-corrected chi connectivity index (χ0v) is 20.2. The molecule has 0 spiro atoms. The third kappa shape index (κ3) is 7.60. The Bertz CT molecular complexity index is 1180. The van der Waals surface area contributed by atoms with Crippen molar-refractivity contribution in [1.29, 1.82) is 0 Å². The molecule has 0 aromatic heterocycles. The lowest BCUT2D eigenvalue weighted by Crippen LogP contribution is -1.98. The van der Waals surface area contributed by atoms with Gasteiger partial charge in [0.05, 0.1) is 5.56 Å². The second-order valence-corrected chi connectivity index (χ2v) is 8.59. The molecule has 3 rings (SSSR count). The number of halogens is 2. The maximum absolute atomic E-state index is 14.4. The molecular formula is C32H32F2. The molecule has 174 valence electrons. The minimum absolute atomic E-state index is 0.0822. The quantitative estimate of drug-likeness (QED) is 0.237. The van der Waals surface area contributed by atoms with Crippen LogP contribution in [0.25, 0.3) is 0 Å². The highest BCUT2D eigenvalue weighted by molar-refractivity contribution is 5.48. The minimum Gasteiger partial charge on any atom is -0.203 e. The first-order chi connectivity index (χ1) is 16.6. The highest BCUT2D eigenvalue weighted by atomic mass is 19.2. The zero-order chi connectivity index (χ0) is 24.2. The van der Waals surface area contributed by atoms with Gasteiger partial charge in [0.25, 0.3) is 0 Å². The van der Waals surface area contributed by atoms with Crippen LogP contribution in [0.1, 0.15) is 85.8 Å². The van der Waals surface area contributed by atoms with Gasteiger partial charge in [-0.2, -0.15) is 0 Å². The van der Waals surface area contributed by atoms with Crippen LogP contribution in [-0.2, 0) is 12.8 Å². The first kappa shape index (κ1) is 25.3. The molecule has 0 aliphatic rings. The maximum Gasteiger partial charge on any atom is 0.174 e. The molecule has 0 saturated heterocycles. The van der Waals surface area contributed by atoms with Crippen molar-refractivity contribution < 1.29 is 8.78 Å². The SMILES string of the molecule is CCCCCc1ccc(C#Cc2ccc(C#Cc3ccc(CCCCC)c(F)c3F)cc2)cc1. The molecule has 0 nitrogen and oxygen atoms in total. The standard InChI is InChI=1S/C32H32F2/c1-3-5-7-9-25-11-13-26(14-12-25)15-16-27-17-19-28(20-18-27)21-22-30-24-23-29(10-8-6-4-2)31(33)32(30)34/h11-14,17-20,23-24H,3-10H2,1-2H3. The third-order valence-electron chi connectivity index (χ3n) is 5.81. The number of hydrogen-bond acceptors (Lipinski definition) is 0. The van der Waals surface area contributed by atoms with Gasteiger partial charge in [-0.3, -0.25) is 0 Å². The fourth-order valence-electron chi connectivity index (χ4n) is 3.70. The van der Waals surface area contributed by atoms with E-state index in [2.05, 4.69) is 61.8 Å². The molecule has 0 aliphatic heterocycles. The lowest BCUT2D eigenvalue weighted by Gasteiger charge is -2.05. The van der Waals surface area contributed by atoms with Crippen molar-refractivity contribution in [1.82, 2.24) is 0 Å². The lowest BCUT2D eigenvalue weighted by atomic mass is 10.0. The highest BCUT2D eigenvalue weighted by Gasteiger charge is 2.11. The van der Waals surface area contributed by atoms with Gasteiger partial charge in [0.2, 0.25) is 0 Å². The van der Waals surface area contributed by atoms with Crippen molar-refractivity contribution in [3.63, 3.8) is 0 Å². The number of benzene rings is 3. The normalized spacial score (nSPS) is 10.2. The monoisotopic (exact) mass is 454 g/mol. The summed E-state index contributed by atoms with van der Waals surface area (Å²) in [7, 11) is 0. The van der Waals surface area contributed by atoms with E-state index in [0.29, 0.717) is 12.0 Å². The number of aryl methyl sites for hydroxylation is 2. The maximum atomic E-state index is 14.4. The van der Waals surface area contributed by atoms with E-state index in [9.17, 15) is 8.78 Å². The molecule has 2 heteroatoms. The summed E-state index contributed by atoms with van der Waals surface area (Å²) in [6.45, 7) is 4.30. The van der Waals surface area contributed by atoms with Crippen LogP contribution in [0.3, 0.4) is 0 Å². The van der Waals surface area contributed by atoms with Crippen LogP contribution in [0.15, 0.2) is 60.7 Å². The summed E-state index contributed by atoms with van der Waals surface area (Å²) in [6, 6.07) is 19.1. The molecular weight excluding hydrogens is 422 g/mol. The molecule has 0 aliphatic carbocycles. The summed E-state index contributed by atoms with van der Waals surface area (Å²) in [5, 5.41) is 0. The van der Waals surface area contributed by atoms with Crippen LogP contribution in [0.2, 0.25) is 0 Å². The Balaban J connectivity index is 1.63. The summed E-state index contributed by atoms with van der Waals surface area (Å²) in [6.07, 6.45) is 8.30. The Kier molecular flexibility index (Phi) is 9.94. The molecule has 0 bridgehead atoms. The van der Waals surface area contributed by atoms with Crippen LogP contribution < -0.4 is 0 Å². The first-order valence-electron chi connectivity index (χ1n) is 12.3. The molecule has 34 heavy (non-hydrogen) atoms. The van der Waals surface area contributed by atoms with Crippen molar-refractivity contribution in [2.24, 2.45) is 0 Å². The van der Waals surface area contributed by atoms with Gasteiger partial charge in [0.15, 0.2) is 11.6 Å². The van der Waals surface area contributed by atoms with Gasteiger partial charge >= 0.3 is 0 Å². The first-order valence-corrected chi connectivity index (χ1v) is 12.3. The molecule has 0 saturated carbocycles. The molecule has 0 unspecified atom stereocenters. The van der Waals surface area contributed by atoms with E-state index >= 15 is 0 Å². The molecule has 0 heterocycles. The molecule has 0 amide bonds. The average Bonchev–Trinajstić information content (AvgIpc) is 2.86. The van der Waals surface area contributed by atoms with E-state index in [-0.39, 0.29) is 5.56 Å². The molecule has 0 radical (unpaired) electrons. The van der Waals surface area contributed by atoms with Crippen molar-refractivity contribution in [3.8, 4) is 23.7 Å². The van der Waals surface area contributed by atoms with E-state index in [1.165, 1.54) is 24.8 Å². The zero-order valence-electron chi connectivity index (χ0n) is 20.2. The molecule has 3 aromatic rings. The van der Waals surface area contributed by atoms with Crippen molar-refractivity contribution in [2.45, 2.75) is 65.2 Å². The van der Waals surface area contributed by atoms with Crippen LogP contribution in [0.5, 0.6) is 0 Å². The van der Waals surface area contributed by atoms with Crippen LogP contribution in [0.4, 0.5) is 8.78 Å². The van der Waals surface area contributed by atoms with E-state index < -0.39 is 11.6 Å². The predicted octanol–water partition coefficient (Wildman–Crippen LogP) is 8.23. The summed E-state index contributed by atoms with van der Waals surface area (Å²) in [5.74, 6) is 10.4. The van der Waals surface area contributed by atoms with Crippen LogP contribution >= 0.6 is 0 Å². The van der Waals surface area contributed by atoms with Crippen LogP contribution in [0, 0.1) is 35.3 Å². The predicted molar refractivity (Wildman–Crippen MR) is 138 cm³/mol. The van der Waals surface area contributed by atoms with E-state index in [1.807, 2.05) is 24.3 Å². The van der Waals surface area contributed by atoms with Crippen LogP contribution in [-0.4, -0.2) is 0 Å².